The van der Waals surface area contributed by atoms with Crippen molar-refractivity contribution in [2.45, 2.75) is 26.3 Å². The van der Waals surface area contributed by atoms with Crippen LogP contribution in [0.2, 0.25) is 0 Å². The lowest BCUT2D eigenvalue weighted by atomic mass is 9.96. The number of anilines is 1. The Kier molecular flexibility index (Phi) is 4.59. The zero-order valence-electron chi connectivity index (χ0n) is 13.6. The van der Waals surface area contributed by atoms with Crippen molar-refractivity contribution in [1.29, 1.82) is 0 Å². The molecular formula is C16H22N2O4. The maximum absolute atomic E-state index is 12.4. The van der Waals surface area contributed by atoms with Crippen LogP contribution >= 0.6 is 0 Å². The van der Waals surface area contributed by atoms with E-state index in [4.69, 9.17) is 9.47 Å². The Morgan fingerprint density at radius 3 is 2.41 bits per heavy atom. The first-order chi connectivity index (χ1) is 10.4. The average molecular weight is 306 g/mol. The zero-order valence-corrected chi connectivity index (χ0v) is 13.6. The van der Waals surface area contributed by atoms with Gasteiger partial charge in [-0.15, -0.1) is 0 Å². The van der Waals surface area contributed by atoms with E-state index in [0.717, 1.165) is 11.3 Å². The van der Waals surface area contributed by atoms with Crippen LogP contribution in [0.15, 0.2) is 12.1 Å². The molecule has 1 aromatic carbocycles. The highest BCUT2D eigenvalue weighted by Crippen LogP contribution is 2.37. The van der Waals surface area contributed by atoms with E-state index >= 15 is 0 Å². The van der Waals surface area contributed by atoms with Crippen molar-refractivity contribution in [3.8, 4) is 11.5 Å². The molecule has 1 N–H and O–H groups in total. The van der Waals surface area contributed by atoms with Crippen LogP contribution in [-0.4, -0.2) is 39.1 Å². The molecule has 0 aliphatic carbocycles. The van der Waals surface area contributed by atoms with E-state index in [2.05, 4.69) is 5.32 Å². The largest absolute Gasteiger partial charge is 0.493 e. The maximum Gasteiger partial charge on any atom is 0.249 e. The predicted molar refractivity (Wildman–Crippen MR) is 83.4 cm³/mol. The second kappa shape index (κ2) is 6.25. The van der Waals surface area contributed by atoms with Gasteiger partial charge in [-0.05, 0) is 11.6 Å². The summed E-state index contributed by atoms with van der Waals surface area (Å²) in [5.74, 6) is 0.762. The molecule has 2 rings (SSSR count). The molecule has 0 fully saturated rings. The number of fused-ring (bicyclic) bond motifs is 1. The van der Waals surface area contributed by atoms with Crippen LogP contribution in [-0.2, 0) is 16.0 Å². The van der Waals surface area contributed by atoms with Gasteiger partial charge < -0.3 is 19.7 Å². The second-order valence-electron chi connectivity index (χ2n) is 5.65. The van der Waals surface area contributed by atoms with Gasteiger partial charge >= 0.3 is 0 Å². The Labute approximate surface area is 130 Å². The summed E-state index contributed by atoms with van der Waals surface area (Å²) in [6.45, 7) is 3.60. The molecular weight excluding hydrogens is 284 g/mol. The molecule has 0 bridgehead atoms. The number of hydrogen-bond acceptors (Lipinski definition) is 4. The summed E-state index contributed by atoms with van der Waals surface area (Å²) in [5.41, 5.74) is 1.71. The number of hydrogen-bond donors (Lipinski definition) is 1. The van der Waals surface area contributed by atoms with Gasteiger partial charge in [0.25, 0.3) is 0 Å². The molecule has 0 saturated heterocycles. The first-order valence-electron chi connectivity index (χ1n) is 7.21. The Morgan fingerprint density at radius 1 is 1.27 bits per heavy atom. The molecule has 22 heavy (non-hydrogen) atoms. The topological polar surface area (TPSA) is 67.9 Å². The van der Waals surface area contributed by atoms with E-state index in [1.54, 1.807) is 46.1 Å². The summed E-state index contributed by atoms with van der Waals surface area (Å²) < 4.78 is 10.6. The Balaban J connectivity index is 2.35. The second-order valence-corrected chi connectivity index (χ2v) is 5.65. The van der Waals surface area contributed by atoms with Crippen molar-refractivity contribution in [1.82, 2.24) is 5.32 Å². The summed E-state index contributed by atoms with van der Waals surface area (Å²) in [5, 5.41) is 2.80. The molecule has 0 spiro atoms. The van der Waals surface area contributed by atoms with Gasteiger partial charge in [0, 0.05) is 25.5 Å². The van der Waals surface area contributed by atoms with E-state index < -0.39 is 6.04 Å². The predicted octanol–water partition coefficient (Wildman–Crippen LogP) is 1.36. The van der Waals surface area contributed by atoms with Gasteiger partial charge in [0.15, 0.2) is 11.5 Å². The minimum atomic E-state index is -0.550. The lowest BCUT2D eigenvalue weighted by Crippen LogP contribution is -2.52. The molecule has 1 unspecified atom stereocenters. The standard InChI is InChI=1S/C16H22N2O4/c1-9(2)15(19)17-11-6-10-7-13(21-4)14(22-5)8-12(10)18(3)16(11)20/h7-9,11H,6H2,1-5H3,(H,17,19). The highest BCUT2D eigenvalue weighted by Gasteiger charge is 2.33. The van der Waals surface area contributed by atoms with Gasteiger partial charge in [0.2, 0.25) is 11.8 Å². The fourth-order valence-corrected chi connectivity index (χ4v) is 2.50. The number of amides is 2. The first kappa shape index (κ1) is 16.1. The fraction of sp³-hybridized carbons (Fsp3) is 0.500. The normalized spacial score (nSPS) is 17.3. The summed E-state index contributed by atoms with van der Waals surface area (Å²) >= 11 is 0. The molecule has 1 aliphatic heterocycles. The lowest BCUT2D eigenvalue weighted by molar-refractivity contribution is -0.129. The van der Waals surface area contributed by atoms with Gasteiger partial charge in [0.1, 0.15) is 6.04 Å². The van der Waals surface area contributed by atoms with E-state index in [9.17, 15) is 9.59 Å². The number of carbonyl (C=O) groups is 2. The number of methoxy groups -OCH3 is 2. The van der Waals surface area contributed by atoms with Gasteiger partial charge in [-0.2, -0.15) is 0 Å². The molecule has 6 heteroatoms. The SMILES string of the molecule is COc1cc2c(cc1OC)N(C)C(=O)C(NC(=O)C(C)C)C2. The number of nitrogens with one attached hydrogen (secondary N) is 1. The number of nitrogens with zero attached hydrogens (tertiary/aromatic N) is 1. The number of ether oxygens (including phenoxy) is 2. The minimum absolute atomic E-state index is 0.129. The van der Waals surface area contributed by atoms with Gasteiger partial charge in [-0.1, -0.05) is 13.8 Å². The van der Waals surface area contributed by atoms with Crippen LogP contribution in [0.3, 0.4) is 0 Å². The van der Waals surface area contributed by atoms with E-state index in [1.165, 1.54) is 0 Å². The van der Waals surface area contributed by atoms with Crippen molar-refractivity contribution in [3.63, 3.8) is 0 Å². The highest BCUT2D eigenvalue weighted by molar-refractivity contribution is 6.02. The third kappa shape index (κ3) is 2.86. The van der Waals surface area contributed by atoms with Gasteiger partial charge in [0.05, 0.1) is 19.9 Å². The first-order valence-corrected chi connectivity index (χ1v) is 7.21. The number of likely N-dealkylation sites (N-methyl/N-ethyl adjacent to an activating group) is 1. The minimum Gasteiger partial charge on any atom is -0.493 e. The Morgan fingerprint density at radius 2 is 1.86 bits per heavy atom. The van der Waals surface area contributed by atoms with Crippen LogP contribution in [0, 0.1) is 5.92 Å². The molecule has 0 radical (unpaired) electrons. The van der Waals surface area contributed by atoms with Crippen molar-refractivity contribution in [2.75, 3.05) is 26.2 Å². The maximum atomic E-state index is 12.4. The van der Waals surface area contributed by atoms with Crippen LogP contribution in [0.1, 0.15) is 19.4 Å². The monoisotopic (exact) mass is 306 g/mol. The average Bonchev–Trinajstić information content (AvgIpc) is 2.50. The van der Waals surface area contributed by atoms with Crippen molar-refractivity contribution >= 4 is 17.5 Å². The molecule has 1 heterocycles. The van der Waals surface area contributed by atoms with E-state index in [0.29, 0.717) is 17.9 Å². The van der Waals surface area contributed by atoms with E-state index in [-0.39, 0.29) is 17.7 Å². The molecule has 1 aliphatic rings. The van der Waals surface area contributed by atoms with Crippen molar-refractivity contribution < 1.29 is 19.1 Å². The van der Waals surface area contributed by atoms with Crippen LogP contribution in [0.5, 0.6) is 11.5 Å². The van der Waals surface area contributed by atoms with Crippen molar-refractivity contribution in [2.24, 2.45) is 5.92 Å². The summed E-state index contributed by atoms with van der Waals surface area (Å²) in [6, 6.07) is 3.09. The van der Waals surface area contributed by atoms with Gasteiger partial charge in [-0.3, -0.25) is 9.59 Å². The van der Waals surface area contributed by atoms with Crippen LogP contribution in [0.25, 0.3) is 0 Å². The summed E-state index contributed by atoms with van der Waals surface area (Å²) in [7, 11) is 4.82. The molecule has 2 amide bonds. The molecule has 120 valence electrons. The summed E-state index contributed by atoms with van der Waals surface area (Å²) in [6.07, 6.45) is 0.442. The molecule has 0 aromatic heterocycles. The van der Waals surface area contributed by atoms with Crippen molar-refractivity contribution in [3.05, 3.63) is 17.7 Å². The number of benzene rings is 1. The molecule has 6 nitrogen and oxygen atoms in total. The smallest absolute Gasteiger partial charge is 0.249 e. The lowest BCUT2D eigenvalue weighted by Gasteiger charge is -2.33. The van der Waals surface area contributed by atoms with Crippen LogP contribution in [0.4, 0.5) is 5.69 Å². The Hall–Kier alpha value is -2.24. The molecule has 1 atom stereocenters. The quantitative estimate of drug-likeness (QED) is 0.912. The zero-order chi connectivity index (χ0) is 16.4. The summed E-state index contributed by atoms with van der Waals surface area (Å²) in [4.78, 5) is 25.9. The van der Waals surface area contributed by atoms with E-state index in [1.807, 2.05) is 6.07 Å². The number of carbonyl (C=O) groups excluding carboxylic acids is 2. The number of rotatable bonds is 4. The third-order valence-electron chi connectivity index (χ3n) is 3.84. The van der Waals surface area contributed by atoms with Gasteiger partial charge in [-0.25, -0.2) is 0 Å². The fourth-order valence-electron chi connectivity index (χ4n) is 2.50. The van der Waals surface area contributed by atoms with Crippen LogP contribution < -0.4 is 19.7 Å². The third-order valence-corrected chi connectivity index (χ3v) is 3.84. The highest BCUT2D eigenvalue weighted by atomic mass is 16.5. The Bertz CT molecular complexity index is 598. The molecule has 0 saturated carbocycles. The molecule has 1 aromatic rings.